The van der Waals surface area contributed by atoms with Crippen LogP contribution in [0.5, 0.6) is 0 Å². The van der Waals surface area contributed by atoms with Crippen LogP contribution in [0.15, 0.2) is 53.3 Å². The Morgan fingerprint density at radius 3 is 2.55 bits per heavy atom. The lowest BCUT2D eigenvalue weighted by molar-refractivity contribution is -0.117. The zero-order valence-corrected chi connectivity index (χ0v) is 23.1. The van der Waals surface area contributed by atoms with Gasteiger partial charge in [0, 0.05) is 18.7 Å². The van der Waals surface area contributed by atoms with Crippen molar-refractivity contribution < 1.29 is 4.79 Å². The number of hydrogen-bond acceptors (Lipinski definition) is 9. The summed E-state index contributed by atoms with van der Waals surface area (Å²) >= 11 is 0. The second-order valence-electron chi connectivity index (χ2n) is 9.69. The van der Waals surface area contributed by atoms with Crippen molar-refractivity contribution in [1.29, 1.82) is 5.26 Å². The van der Waals surface area contributed by atoms with E-state index in [0.29, 0.717) is 59.0 Å². The van der Waals surface area contributed by atoms with E-state index in [1.54, 1.807) is 18.4 Å². The number of aromatic nitrogens is 4. The van der Waals surface area contributed by atoms with Gasteiger partial charge in [-0.15, -0.1) is 0 Å². The van der Waals surface area contributed by atoms with Crippen LogP contribution in [0, 0.1) is 18.3 Å². The number of fused-ring (bicyclic) bond motifs is 1. The highest BCUT2D eigenvalue weighted by molar-refractivity contribution is 5.91. The van der Waals surface area contributed by atoms with Gasteiger partial charge >= 0.3 is 0 Å². The van der Waals surface area contributed by atoms with Crippen LogP contribution in [0.3, 0.4) is 0 Å². The smallest absolute Gasteiger partial charge is 0.268 e. The van der Waals surface area contributed by atoms with E-state index >= 15 is 0 Å². The van der Waals surface area contributed by atoms with E-state index in [9.17, 15) is 14.9 Å². The number of para-hydroxylation sites is 1. The summed E-state index contributed by atoms with van der Waals surface area (Å²) in [4.78, 5) is 38.8. The Hall–Kier alpha value is -4.78. The van der Waals surface area contributed by atoms with Crippen molar-refractivity contribution in [3.8, 4) is 11.8 Å². The number of benzene rings is 2. The average Bonchev–Trinajstić information content (AvgIpc) is 2.93. The molecule has 4 rings (SSSR count). The molecule has 0 spiro atoms. The summed E-state index contributed by atoms with van der Waals surface area (Å²) in [6.45, 7) is 5.96. The molecule has 40 heavy (non-hydrogen) atoms. The summed E-state index contributed by atoms with van der Waals surface area (Å²) in [5.41, 5.74) is 8.40. The minimum Gasteiger partial charge on any atom is -0.384 e. The van der Waals surface area contributed by atoms with Gasteiger partial charge < -0.3 is 21.2 Å². The molecule has 4 N–H and O–H groups in total. The van der Waals surface area contributed by atoms with Crippen molar-refractivity contribution in [2.75, 3.05) is 22.9 Å². The van der Waals surface area contributed by atoms with Crippen LogP contribution >= 0.6 is 0 Å². The van der Waals surface area contributed by atoms with Crippen LogP contribution in [0.4, 0.5) is 17.5 Å². The van der Waals surface area contributed by atoms with Crippen LogP contribution in [0.1, 0.15) is 69.1 Å². The Kier molecular flexibility index (Phi) is 9.07. The molecule has 1 atom stereocenters. The number of unbranched alkanes of at least 4 members (excludes halogenated alkanes) is 2. The molecular weight excluding hydrogens is 504 g/mol. The van der Waals surface area contributed by atoms with E-state index in [2.05, 4.69) is 26.7 Å². The number of aryl methyl sites for hydroxylation is 1. The molecule has 0 aliphatic heterocycles. The minimum absolute atomic E-state index is 0.0535. The molecule has 0 amide bonds. The molecule has 4 aromatic rings. The Labute approximate surface area is 233 Å². The molecule has 0 bridgehead atoms. The maximum absolute atomic E-state index is 14.2. The second-order valence-corrected chi connectivity index (χ2v) is 9.69. The molecule has 0 saturated heterocycles. The maximum Gasteiger partial charge on any atom is 0.268 e. The van der Waals surface area contributed by atoms with Gasteiger partial charge in [0.05, 0.1) is 28.3 Å². The molecule has 0 radical (unpaired) electrons. The zero-order chi connectivity index (χ0) is 28.6. The number of carbonyl (C=O) groups excluding carboxylic acids is 1. The van der Waals surface area contributed by atoms with Gasteiger partial charge in [-0.2, -0.15) is 10.2 Å². The monoisotopic (exact) mass is 538 g/mol. The molecule has 0 fully saturated rings. The van der Waals surface area contributed by atoms with E-state index in [1.165, 1.54) is 0 Å². The molecule has 206 valence electrons. The summed E-state index contributed by atoms with van der Waals surface area (Å²) in [5, 5.41) is 16.9. The first-order valence-electron chi connectivity index (χ1n) is 13.5. The third-order valence-electron chi connectivity index (χ3n) is 6.71. The number of hydrogen-bond donors (Lipinski definition) is 3. The largest absolute Gasteiger partial charge is 0.384 e. The molecule has 0 saturated carbocycles. The first kappa shape index (κ1) is 28.2. The molecule has 0 aliphatic rings. The third kappa shape index (κ3) is 6.26. The second kappa shape index (κ2) is 12.8. The summed E-state index contributed by atoms with van der Waals surface area (Å²) in [7, 11) is 0. The number of Topliss-reactive ketones (excluding diaryl/α,β-unsaturated/α-hetero) is 1. The SMILES string of the molecule is CC[C@H](Nc1nc(N)nc(C)c1C#N)c1nc2cccc(NCCCCCC(C)=O)c2c(=O)n1-c1ccccc1. The maximum atomic E-state index is 14.2. The summed E-state index contributed by atoms with van der Waals surface area (Å²) < 4.78 is 1.62. The predicted molar refractivity (Wildman–Crippen MR) is 158 cm³/mol. The highest BCUT2D eigenvalue weighted by atomic mass is 16.1. The number of carbonyl (C=O) groups is 1. The normalized spacial score (nSPS) is 11.7. The van der Waals surface area contributed by atoms with E-state index in [1.807, 2.05) is 55.5 Å². The van der Waals surface area contributed by atoms with Crippen molar-refractivity contribution in [3.05, 3.63) is 76.0 Å². The molecule has 2 aromatic carbocycles. The van der Waals surface area contributed by atoms with Gasteiger partial charge in [-0.1, -0.05) is 37.6 Å². The molecule has 10 nitrogen and oxygen atoms in total. The zero-order valence-electron chi connectivity index (χ0n) is 23.1. The van der Waals surface area contributed by atoms with Crippen molar-refractivity contribution >= 4 is 34.1 Å². The fourth-order valence-corrected chi connectivity index (χ4v) is 4.70. The number of anilines is 3. The van der Waals surface area contributed by atoms with Crippen LogP contribution in [-0.2, 0) is 4.79 Å². The number of nitrogens with two attached hydrogens (primary N) is 1. The first-order chi connectivity index (χ1) is 19.3. The van der Waals surface area contributed by atoms with E-state index < -0.39 is 6.04 Å². The lowest BCUT2D eigenvalue weighted by Crippen LogP contribution is -2.29. The fraction of sp³-hybridized carbons (Fsp3) is 0.333. The summed E-state index contributed by atoms with van der Waals surface area (Å²) in [5.74, 6) is 1.05. The van der Waals surface area contributed by atoms with Gasteiger partial charge in [0.1, 0.15) is 29.1 Å². The predicted octanol–water partition coefficient (Wildman–Crippen LogP) is 5.06. The van der Waals surface area contributed by atoms with Crippen molar-refractivity contribution in [2.24, 2.45) is 0 Å². The van der Waals surface area contributed by atoms with Crippen LogP contribution < -0.4 is 21.9 Å². The number of ketones is 1. The molecule has 10 heteroatoms. The highest BCUT2D eigenvalue weighted by Crippen LogP contribution is 2.28. The van der Waals surface area contributed by atoms with E-state index in [4.69, 9.17) is 10.7 Å². The van der Waals surface area contributed by atoms with Crippen molar-refractivity contribution in [1.82, 2.24) is 19.5 Å². The van der Waals surface area contributed by atoms with Gasteiger partial charge in [0.25, 0.3) is 5.56 Å². The van der Waals surface area contributed by atoms with Crippen molar-refractivity contribution in [2.45, 2.75) is 58.9 Å². The highest BCUT2D eigenvalue weighted by Gasteiger charge is 2.23. The summed E-state index contributed by atoms with van der Waals surface area (Å²) in [6, 6.07) is 16.6. The van der Waals surface area contributed by atoms with Gasteiger partial charge in [-0.05, 0) is 57.4 Å². The van der Waals surface area contributed by atoms with Gasteiger partial charge in [-0.25, -0.2) is 9.97 Å². The number of nitrogens with zero attached hydrogens (tertiary/aromatic N) is 5. The standard InChI is InChI=1S/C30H34N8O2/c1-4-23(35-27-22(18-31)20(3)34-30(32)37-27)28-36-25-16-11-15-24(33-17-10-6-7-12-19(2)39)26(25)29(40)38(28)21-13-8-5-9-14-21/h5,8-9,11,13-16,23,33H,4,6-7,10,12,17H2,1-3H3,(H3,32,34,35,37)/t23-/m0/s1. The number of rotatable bonds is 12. The van der Waals surface area contributed by atoms with E-state index in [-0.39, 0.29) is 22.9 Å². The van der Waals surface area contributed by atoms with Gasteiger partial charge in [-0.3, -0.25) is 9.36 Å². The van der Waals surface area contributed by atoms with Crippen LogP contribution in [0.25, 0.3) is 16.6 Å². The summed E-state index contributed by atoms with van der Waals surface area (Å²) in [6.07, 6.45) is 3.81. The minimum atomic E-state index is -0.462. The van der Waals surface area contributed by atoms with Crippen molar-refractivity contribution in [3.63, 3.8) is 0 Å². The van der Waals surface area contributed by atoms with Gasteiger partial charge in [0.2, 0.25) is 5.95 Å². The number of nitrogen functional groups attached to an aromatic ring is 1. The van der Waals surface area contributed by atoms with Crippen LogP contribution in [0.2, 0.25) is 0 Å². The molecular formula is C30H34N8O2. The Balaban J connectivity index is 1.78. The fourth-order valence-electron chi connectivity index (χ4n) is 4.70. The third-order valence-corrected chi connectivity index (χ3v) is 6.71. The van der Waals surface area contributed by atoms with E-state index in [0.717, 1.165) is 19.3 Å². The Morgan fingerprint density at radius 2 is 1.85 bits per heavy atom. The first-order valence-corrected chi connectivity index (χ1v) is 13.5. The molecule has 0 aliphatic carbocycles. The Morgan fingerprint density at radius 1 is 1.07 bits per heavy atom. The average molecular weight is 539 g/mol. The topological polar surface area (TPSA) is 152 Å². The molecule has 2 aromatic heterocycles. The lowest BCUT2D eigenvalue weighted by atomic mass is 10.1. The molecule has 2 heterocycles. The Bertz CT molecular complexity index is 1610. The lowest BCUT2D eigenvalue weighted by Gasteiger charge is -2.23. The number of nitriles is 1. The molecule has 0 unspecified atom stereocenters. The van der Waals surface area contributed by atoms with Gasteiger partial charge in [0.15, 0.2) is 0 Å². The number of nitrogens with one attached hydrogen (secondary N) is 2. The quantitative estimate of drug-likeness (QED) is 0.210. The van der Waals surface area contributed by atoms with Crippen LogP contribution in [-0.4, -0.2) is 31.8 Å².